The first kappa shape index (κ1) is 24.4. The van der Waals surface area contributed by atoms with E-state index in [9.17, 15) is 19.2 Å². The van der Waals surface area contributed by atoms with E-state index >= 15 is 0 Å². The van der Waals surface area contributed by atoms with Crippen LogP contribution >= 0.6 is 0 Å². The first-order valence-corrected chi connectivity index (χ1v) is 9.03. The summed E-state index contributed by atoms with van der Waals surface area (Å²) in [6.45, 7) is -0.684. The van der Waals surface area contributed by atoms with Crippen molar-refractivity contribution in [3.8, 4) is 0 Å². The lowest BCUT2D eigenvalue weighted by Crippen LogP contribution is -2.52. The third-order valence-corrected chi connectivity index (χ3v) is 3.77. The second-order valence-electron chi connectivity index (χ2n) is 6.29. The van der Waals surface area contributed by atoms with E-state index in [1.807, 2.05) is 0 Å². The van der Waals surface area contributed by atoms with Crippen LogP contribution in [0.3, 0.4) is 0 Å². The van der Waals surface area contributed by atoms with Gasteiger partial charge in [-0.25, -0.2) is 4.98 Å². The Kier molecular flexibility index (Phi) is 10.3. The van der Waals surface area contributed by atoms with Gasteiger partial charge in [0.25, 0.3) is 0 Å². The molecule has 0 aliphatic rings. The van der Waals surface area contributed by atoms with Gasteiger partial charge >= 0.3 is 5.97 Å². The number of hydrogen-bond acceptors (Lipinski definition) is 7. The number of amides is 3. The van der Waals surface area contributed by atoms with E-state index < -0.39 is 48.9 Å². The molecule has 0 fully saturated rings. The molecule has 0 aliphatic carbocycles. The summed E-state index contributed by atoms with van der Waals surface area (Å²) in [6.07, 6.45) is 3.71. The number of carbonyl (C=O) groups is 4. The molecule has 0 bridgehead atoms. The number of hydrogen-bond donors (Lipinski definition) is 8. The molecule has 11 N–H and O–H groups in total. The minimum atomic E-state index is -1.23. The number of carboxylic acid groups (broad SMARTS) is 1. The fraction of sp³-hybridized carbons (Fsp3) is 0.500. The predicted molar refractivity (Wildman–Crippen MR) is 106 cm³/mol. The molecule has 30 heavy (non-hydrogen) atoms. The Morgan fingerprint density at radius 3 is 2.47 bits per heavy atom. The van der Waals surface area contributed by atoms with Gasteiger partial charge in [0.15, 0.2) is 5.96 Å². The molecule has 166 valence electrons. The fourth-order valence-corrected chi connectivity index (χ4v) is 2.31. The average Bonchev–Trinajstić information content (AvgIpc) is 3.19. The summed E-state index contributed by atoms with van der Waals surface area (Å²) in [4.78, 5) is 57.3. The van der Waals surface area contributed by atoms with E-state index in [0.29, 0.717) is 25.1 Å². The third-order valence-electron chi connectivity index (χ3n) is 3.77. The van der Waals surface area contributed by atoms with Crippen molar-refractivity contribution in [1.82, 2.24) is 25.9 Å². The van der Waals surface area contributed by atoms with E-state index in [1.54, 1.807) is 0 Å². The van der Waals surface area contributed by atoms with Crippen molar-refractivity contribution in [1.29, 1.82) is 0 Å². The Labute approximate surface area is 172 Å². The van der Waals surface area contributed by atoms with E-state index in [4.69, 9.17) is 22.3 Å². The monoisotopic (exact) mass is 425 g/mol. The number of carbonyl (C=O) groups excluding carboxylic acids is 3. The van der Waals surface area contributed by atoms with Gasteiger partial charge in [-0.3, -0.25) is 24.2 Å². The molecular weight excluding hydrogens is 398 g/mol. The van der Waals surface area contributed by atoms with Gasteiger partial charge in [-0.15, -0.1) is 0 Å². The highest BCUT2D eigenvalue weighted by molar-refractivity contribution is 5.92. The fourth-order valence-electron chi connectivity index (χ4n) is 2.31. The molecule has 0 aliphatic heterocycles. The minimum Gasteiger partial charge on any atom is -0.480 e. The third kappa shape index (κ3) is 10.0. The zero-order valence-electron chi connectivity index (χ0n) is 16.3. The van der Waals surface area contributed by atoms with Crippen LogP contribution in [0.1, 0.15) is 18.5 Å². The van der Waals surface area contributed by atoms with Crippen molar-refractivity contribution in [2.75, 3.05) is 19.6 Å². The lowest BCUT2D eigenvalue weighted by atomic mass is 10.1. The SMILES string of the molecule is NC(N)=NCCCC(N)C(=O)NCC(=O)NC(Cc1cnc[nH]1)C(=O)NCC(=O)O. The number of guanidine groups is 1. The summed E-state index contributed by atoms with van der Waals surface area (Å²) < 4.78 is 0. The molecule has 2 unspecified atom stereocenters. The van der Waals surface area contributed by atoms with Crippen LogP contribution in [0.2, 0.25) is 0 Å². The molecule has 3 amide bonds. The van der Waals surface area contributed by atoms with Crippen molar-refractivity contribution in [3.05, 3.63) is 18.2 Å². The Hall–Kier alpha value is -3.68. The van der Waals surface area contributed by atoms with E-state index in [0.717, 1.165) is 0 Å². The van der Waals surface area contributed by atoms with Gasteiger partial charge in [0.05, 0.1) is 18.9 Å². The van der Waals surface area contributed by atoms with Gasteiger partial charge in [-0.05, 0) is 12.8 Å². The van der Waals surface area contributed by atoms with Crippen LogP contribution in [0.25, 0.3) is 0 Å². The van der Waals surface area contributed by atoms with Crippen LogP contribution in [-0.4, -0.2) is 76.4 Å². The quantitative estimate of drug-likeness (QED) is 0.0873. The Balaban J connectivity index is 2.51. The number of nitrogens with zero attached hydrogens (tertiary/aromatic N) is 2. The summed E-state index contributed by atoms with van der Waals surface area (Å²) >= 11 is 0. The van der Waals surface area contributed by atoms with Crippen LogP contribution in [0, 0.1) is 0 Å². The van der Waals surface area contributed by atoms with Gasteiger partial charge < -0.3 is 43.2 Å². The number of rotatable bonds is 13. The van der Waals surface area contributed by atoms with Crippen LogP contribution in [0.4, 0.5) is 0 Å². The Morgan fingerprint density at radius 1 is 1.17 bits per heavy atom. The summed E-state index contributed by atoms with van der Waals surface area (Å²) in [5.74, 6) is -3.16. The molecule has 0 spiro atoms. The molecule has 14 heteroatoms. The zero-order chi connectivity index (χ0) is 22.5. The number of aliphatic imine (C=N–C) groups is 1. The molecule has 0 radical (unpaired) electrons. The second-order valence-corrected chi connectivity index (χ2v) is 6.29. The number of aromatic amines is 1. The summed E-state index contributed by atoms with van der Waals surface area (Å²) in [6, 6.07) is -1.92. The van der Waals surface area contributed by atoms with Gasteiger partial charge in [0, 0.05) is 24.9 Å². The highest BCUT2D eigenvalue weighted by atomic mass is 16.4. The number of nitrogens with two attached hydrogens (primary N) is 3. The maximum atomic E-state index is 12.2. The smallest absolute Gasteiger partial charge is 0.322 e. The molecule has 0 saturated carbocycles. The van der Waals surface area contributed by atoms with Gasteiger partial charge in [-0.1, -0.05) is 0 Å². The molecule has 2 atom stereocenters. The predicted octanol–water partition coefficient (Wildman–Crippen LogP) is -3.87. The lowest BCUT2D eigenvalue weighted by Gasteiger charge is -2.18. The van der Waals surface area contributed by atoms with Gasteiger partial charge in [-0.2, -0.15) is 0 Å². The number of imidazole rings is 1. The molecule has 0 aromatic carbocycles. The van der Waals surface area contributed by atoms with Crippen LogP contribution in [-0.2, 0) is 25.6 Å². The van der Waals surface area contributed by atoms with Crippen LogP contribution in [0.5, 0.6) is 0 Å². The van der Waals surface area contributed by atoms with Crippen molar-refractivity contribution in [2.24, 2.45) is 22.2 Å². The molecule has 1 heterocycles. The number of aliphatic carboxylic acids is 1. The molecule has 14 nitrogen and oxygen atoms in total. The molecule has 1 rings (SSSR count). The van der Waals surface area contributed by atoms with E-state index in [1.165, 1.54) is 12.5 Å². The molecule has 1 aromatic rings. The minimum absolute atomic E-state index is 0.0510. The van der Waals surface area contributed by atoms with Crippen molar-refractivity contribution >= 4 is 29.7 Å². The molecule has 1 aromatic heterocycles. The molecule has 0 saturated heterocycles. The number of aromatic nitrogens is 2. The maximum absolute atomic E-state index is 12.2. The van der Waals surface area contributed by atoms with Gasteiger partial charge in [0.1, 0.15) is 12.6 Å². The Bertz CT molecular complexity index is 746. The molecular formula is C16H27N9O5. The van der Waals surface area contributed by atoms with Crippen LogP contribution in [0.15, 0.2) is 17.5 Å². The van der Waals surface area contributed by atoms with Crippen molar-refractivity contribution in [3.63, 3.8) is 0 Å². The Morgan fingerprint density at radius 2 is 1.87 bits per heavy atom. The second kappa shape index (κ2) is 12.7. The zero-order valence-corrected chi connectivity index (χ0v) is 16.3. The standard InChI is InChI=1S/C16H27N9O5/c17-10(2-1-3-21-16(18)19)14(29)22-6-12(26)25-11(4-9-5-20-8-24-9)15(30)23-7-13(27)28/h5,8,10-11H,1-4,6-7,17H2,(H,20,24)(H,22,29)(H,23,30)(H,25,26)(H,27,28)(H4,18,19,21). The summed E-state index contributed by atoms with van der Waals surface area (Å²) in [5.41, 5.74) is 16.7. The highest BCUT2D eigenvalue weighted by Crippen LogP contribution is 1.99. The van der Waals surface area contributed by atoms with E-state index in [-0.39, 0.29) is 12.4 Å². The van der Waals surface area contributed by atoms with E-state index in [2.05, 4.69) is 30.9 Å². The average molecular weight is 425 g/mol. The largest absolute Gasteiger partial charge is 0.480 e. The van der Waals surface area contributed by atoms with Gasteiger partial charge in [0.2, 0.25) is 17.7 Å². The first-order valence-electron chi connectivity index (χ1n) is 9.03. The van der Waals surface area contributed by atoms with Crippen molar-refractivity contribution < 1.29 is 24.3 Å². The van der Waals surface area contributed by atoms with Crippen molar-refractivity contribution in [2.45, 2.75) is 31.3 Å². The topological polar surface area (TPSA) is 244 Å². The summed E-state index contributed by atoms with van der Waals surface area (Å²) in [7, 11) is 0. The first-order chi connectivity index (χ1) is 14.2. The van der Waals surface area contributed by atoms with Crippen LogP contribution < -0.4 is 33.2 Å². The highest BCUT2D eigenvalue weighted by Gasteiger charge is 2.23. The summed E-state index contributed by atoms with van der Waals surface area (Å²) in [5, 5.41) is 15.7. The normalized spacial score (nSPS) is 12.3. The number of H-pyrrole nitrogens is 1. The lowest BCUT2D eigenvalue weighted by molar-refractivity contribution is -0.138. The maximum Gasteiger partial charge on any atom is 0.322 e. The number of carboxylic acids is 1. The number of nitrogens with one attached hydrogen (secondary N) is 4.